The van der Waals surface area contributed by atoms with Crippen LogP contribution in [0.1, 0.15) is 18.9 Å². The Labute approximate surface area is 130 Å². The molecule has 1 heterocycles. The molecule has 5 nitrogen and oxygen atoms in total. The molecule has 0 aromatic heterocycles. The molecule has 0 amide bonds. The van der Waals surface area contributed by atoms with Gasteiger partial charge in [0, 0.05) is 13.1 Å². The van der Waals surface area contributed by atoms with Gasteiger partial charge in [-0.05, 0) is 30.5 Å². The molecule has 1 aromatic carbocycles. The van der Waals surface area contributed by atoms with Crippen molar-refractivity contribution in [1.29, 1.82) is 0 Å². The number of nitrogens with zero attached hydrogens (tertiary/aromatic N) is 1. The molecule has 3 N–H and O–H groups in total. The van der Waals surface area contributed by atoms with Crippen LogP contribution >= 0.6 is 24.0 Å². The molecular formula is C13H20IN3O2. The first-order valence-corrected chi connectivity index (χ1v) is 6.22. The van der Waals surface area contributed by atoms with Gasteiger partial charge < -0.3 is 20.5 Å². The van der Waals surface area contributed by atoms with Crippen molar-refractivity contribution < 1.29 is 9.47 Å². The number of aliphatic imine (C=N–C) groups is 1. The van der Waals surface area contributed by atoms with Crippen LogP contribution in [0.5, 0.6) is 11.5 Å². The number of benzene rings is 1. The van der Waals surface area contributed by atoms with Crippen LogP contribution in [-0.2, 0) is 6.42 Å². The lowest BCUT2D eigenvalue weighted by Crippen LogP contribution is -2.33. The van der Waals surface area contributed by atoms with Crippen molar-refractivity contribution >= 4 is 29.9 Å². The fraction of sp³-hybridized carbons (Fsp3) is 0.462. The average Bonchev–Trinajstić information content (AvgIpc) is 2.83. The van der Waals surface area contributed by atoms with E-state index in [1.807, 2.05) is 18.2 Å². The van der Waals surface area contributed by atoms with Crippen LogP contribution in [0, 0.1) is 0 Å². The molecule has 2 rings (SSSR count). The van der Waals surface area contributed by atoms with E-state index in [9.17, 15) is 0 Å². The maximum absolute atomic E-state index is 5.71. The lowest BCUT2D eigenvalue weighted by molar-refractivity contribution is 0.174. The van der Waals surface area contributed by atoms with E-state index in [4.69, 9.17) is 15.2 Å². The zero-order chi connectivity index (χ0) is 12.8. The lowest BCUT2D eigenvalue weighted by atomic mass is 10.1. The van der Waals surface area contributed by atoms with Crippen molar-refractivity contribution in [1.82, 2.24) is 5.32 Å². The topological polar surface area (TPSA) is 68.9 Å². The first kappa shape index (κ1) is 15.9. The molecule has 0 saturated heterocycles. The van der Waals surface area contributed by atoms with Crippen LogP contribution in [0.2, 0.25) is 0 Å². The van der Waals surface area contributed by atoms with E-state index in [1.54, 1.807) is 0 Å². The van der Waals surface area contributed by atoms with E-state index in [1.165, 1.54) is 5.56 Å². The summed E-state index contributed by atoms with van der Waals surface area (Å²) in [5, 5.41) is 3.09. The summed E-state index contributed by atoms with van der Waals surface area (Å²) in [7, 11) is 0. The van der Waals surface area contributed by atoms with Crippen molar-refractivity contribution in [3.63, 3.8) is 0 Å². The zero-order valence-corrected chi connectivity index (χ0v) is 13.3. The summed E-state index contributed by atoms with van der Waals surface area (Å²) >= 11 is 0. The molecule has 1 aliphatic rings. The van der Waals surface area contributed by atoms with Gasteiger partial charge in [-0.2, -0.15) is 0 Å². The van der Waals surface area contributed by atoms with Crippen molar-refractivity contribution in [3.8, 4) is 11.5 Å². The fourth-order valence-electron chi connectivity index (χ4n) is 1.72. The summed E-state index contributed by atoms with van der Waals surface area (Å²) in [4.78, 5) is 4.17. The number of ether oxygens (including phenoxy) is 2. The molecule has 0 spiro atoms. The minimum Gasteiger partial charge on any atom is -0.454 e. The fourth-order valence-corrected chi connectivity index (χ4v) is 1.72. The molecule has 19 heavy (non-hydrogen) atoms. The summed E-state index contributed by atoms with van der Waals surface area (Å²) in [5.74, 6) is 2.15. The lowest BCUT2D eigenvalue weighted by Gasteiger charge is -2.06. The van der Waals surface area contributed by atoms with Crippen LogP contribution in [0.4, 0.5) is 0 Å². The number of nitrogens with one attached hydrogen (secondary N) is 1. The third kappa shape index (κ3) is 4.77. The molecule has 0 aliphatic carbocycles. The number of halogens is 1. The summed E-state index contributed by atoms with van der Waals surface area (Å²) in [6.07, 6.45) is 1.88. The van der Waals surface area contributed by atoms with Crippen LogP contribution in [0.15, 0.2) is 23.2 Å². The van der Waals surface area contributed by atoms with Crippen molar-refractivity contribution in [2.75, 3.05) is 19.9 Å². The van der Waals surface area contributed by atoms with Gasteiger partial charge in [0.15, 0.2) is 17.5 Å². The predicted octanol–water partition coefficient (Wildman–Crippen LogP) is 1.89. The third-order valence-electron chi connectivity index (χ3n) is 2.66. The number of fused-ring (bicyclic) bond motifs is 1. The number of hydrogen-bond acceptors (Lipinski definition) is 3. The van der Waals surface area contributed by atoms with Gasteiger partial charge in [0.05, 0.1) is 0 Å². The number of guanidine groups is 1. The molecule has 0 bridgehead atoms. The Bertz CT molecular complexity index is 438. The van der Waals surface area contributed by atoms with Gasteiger partial charge in [-0.1, -0.05) is 13.0 Å². The first-order chi connectivity index (χ1) is 8.79. The Morgan fingerprint density at radius 1 is 1.37 bits per heavy atom. The average molecular weight is 377 g/mol. The van der Waals surface area contributed by atoms with E-state index >= 15 is 0 Å². The summed E-state index contributed by atoms with van der Waals surface area (Å²) in [6, 6.07) is 5.98. The smallest absolute Gasteiger partial charge is 0.231 e. The normalized spacial score (nSPS) is 13.0. The van der Waals surface area contributed by atoms with Crippen molar-refractivity contribution in [2.45, 2.75) is 19.8 Å². The second-order valence-corrected chi connectivity index (χ2v) is 4.13. The molecule has 6 heteroatoms. The Morgan fingerprint density at radius 3 is 2.95 bits per heavy atom. The maximum Gasteiger partial charge on any atom is 0.231 e. The molecule has 1 aliphatic heterocycles. The highest BCUT2D eigenvalue weighted by Crippen LogP contribution is 2.32. The predicted molar refractivity (Wildman–Crippen MR) is 86.5 cm³/mol. The SMILES string of the molecule is CCCN=C(N)NCCc1ccc2c(c1)OCO2.I. The minimum atomic E-state index is 0. The van der Waals surface area contributed by atoms with E-state index in [0.29, 0.717) is 12.8 Å². The molecular weight excluding hydrogens is 357 g/mol. The molecule has 106 valence electrons. The molecule has 0 fully saturated rings. The van der Waals surface area contributed by atoms with Crippen molar-refractivity contribution in [3.05, 3.63) is 23.8 Å². The summed E-state index contributed by atoms with van der Waals surface area (Å²) < 4.78 is 10.6. The zero-order valence-electron chi connectivity index (χ0n) is 11.0. The van der Waals surface area contributed by atoms with Gasteiger partial charge in [-0.15, -0.1) is 24.0 Å². The van der Waals surface area contributed by atoms with Gasteiger partial charge in [0.1, 0.15) is 0 Å². The second kappa shape index (κ2) is 8.08. The Balaban J connectivity index is 0.00000180. The third-order valence-corrected chi connectivity index (χ3v) is 2.66. The standard InChI is InChI=1S/C13H19N3O2.HI/c1-2-6-15-13(14)16-7-5-10-3-4-11-12(8-10)18-9-17-11;/h3-4,8H,2,5-7,9H2,1H3,(H3,14,15,16);1H. The molecule has 0 saturated carbocycles. The first-order valence-electron chi connectivity index (χ1n) is 6.22. The summed E-state index contributed by atoms with van der Waals surface area (Å²) in [5.41, 5.74) is 6.90. The number of hydrogen-bond donors (Lipinski definition) is 2. The van der Waals surface area contributed by atoms with Crippen molar-refractivity contribution in [2.24, 2.45) is 10.7 Å². The molecule has 0 unspecified atom stereocenters. The molecule has 1 aromatic rings. The van der Waals surface area contributed by atoms with Crippen LogP contribution in [0.25, 0.3) is 0 Å². The van der Waals surface area contributed by atoms with Crippen LogP contribution in [-0.4, -0.2) is 25.8 Å². The number of nitrogens with two attached hydrogens (primary N) is 1. The molecule has 0 atom stereocenters. The van der Waals surface area contributed by atoms with Gasteiger partial charge in [0.2, 0.25) is 6.79 Å². The monoisotopic (exact) mass is 377 g/mol. The van der Waals surface area contributed by atoms with E-state index in [0.717, 1.165) is 37.4 Å². The van der Waals surface area contributed by atoms with E-state index < -0.39 is 0 Å². The van der Waals surface area contributed by atoms with Crippen LogP contribution in [0.3, 0.4) is 0 Å². The highest BCUT2D eigenvalue weighted by atomic mass is 127. The quantitative estimate of drug-likeness (QED) is 0.467. The van der Waals surface area contributed by atoms with Gasteiger partial charge in [0.25, 0.3) is 0 Å². The van der Waals surface area contributed by atoms with Gasteiger partial charge in [-0.25, -0.2) is 0 Å². The molecule has 0 radical (unpaired) electrons. The second-order valence-electron chi connectivity index (χ2n) is 4.13. The Morgan fingerprint density at radius 2 is 2.16 bits per heavy atom. The highest BCUT2D eigenvalue weighted by Gasteiger charge is 2.12. The Hall–Kier alpha value is -1.18. The number of rotatable bonds is 5. The summed E-state index contributed by atoms with van der Waals surface area (Å²) in [6.45, 7) is 3.92. The minimum absolute atomic E-state index is 0. The van der Waals surface area contributed by atoms with E-state index in [-0.39, 0.29) is 24.0 Å². The largest absolute Gasteiger partial charge is 0.454 e. The maximum atomic E-state index is 5.71. The van der Waals surface area contributed by atoms with Gasteiger partial charge >= 0.3 is 0 Å². The van der Waals surface area contributed by atoms with Crippen LogP contribution < -0.4 is 20.5 Å². The Kier molecular flexibility index (Phi) is 6.75. The van der Waals surface area contributed by atoms with Gasteiger partial charge in [-0.3, -0.25) is 4.99 Å². The highest BCUT2D eigenvalue weighted by molar-refractivity contribution is 14.0. The van der Waals surface area contributed by atoms with E-state index in [2.05, 4.69) is 17.2 Å².